The lowest BCUT2D eigenvalue weighted by Crippen LogP contribution is -2.49. The van der Waals surface area contributed by atoms with Crippen LogP contribution in [-0.2, 0) is 22.7 Å². The summed E-state index contributed by atoms with van der Waals surface area (Å²) >= 11 is 7.72. The number of nitrogens with one attached hydrogen (secondary N) is 2. The third kappa shape index (κ3) is 7.77. The Morgan fingerprint density at radius 1 is 0.824 bits per heavy atom. The highest BCUT2D eigenvalue weighted by Gasteiger charge is 2.28. The molecule has 0 saturated carbocycles. The number of rotatable bonds is 9. The summed E-state index contributed by atoms with van der Waals surface area (Å²) in [5, 5.41) is 7.66. The van der Waals surface area contributed by atoms with Gasteiger partial charge in [0.2, 0.25) is 17.8 Å². The normalized spacial score (nSPS) is 17.8. The number of nitrogens with zero attached hydrogens (tertiary/aromatic N) is 10. The van der Waals surface area contributed by atoms with E-state index < -0.39 is 0 Å². The molecule has 3 fully saturated rings. The van der Waals surface area contributed by atoms with E-state index in [-0.39, 0.29) is 24.9 Å². The number of carbonyl (C=O) groups excluding carboxylic acids is 2. The maximum Gasteiger partial charge on any atom is 0.242 e. The van der Waals surface area contributed by atoms with E-state index in [1.165, 1.54) is 16.9 Å². The van der Waals surface area contributed by atoms with E-state index >= 15 is 0 Å². The molecule has 14 nitrogen and oxygen atoms in total. The number of anilines is 3. The van der Waals surface area contributed by atoms with Gasteiger partial charge in [-0.25, -0.2) is 9.97 Å². The fourth-order valence-electron chi connectivity index (χ4n) is 6.96. The van der Waals surface area contributed by atoms with Gasteiger partial charge in [0, 0.05) is 90.1 Å². The number of thiazole rings is 1. The van der Waals surface area contributed by atoms with Crippen LogP contribution in [0.1, 0.15) is 5.56 Å². The molecular formula is C35H41ClN12O2S. The summed E-state index contributed by atoms with van der Waals surface area (Å²) in [6.45, 7) is 10.3. The van der Waals surface area contributed by atoms with Crippen molar-refractivity contribution in [1.29, 1.82) is 0 Å². The second kappa shape index (κ2) is 15.1. The molecule has 3 aromatic heterocycles. The second-order valence-corrected chi connectivity index (χ2v) is 14.7. The van der Waals surface area contributed by atoms with E-state index in [0.717, 1.165) is 66.9 Å². The van der Waals surface area contributed by atoms with Crippen molar-refractivity contribution in [3.8, 4) is 0 Å². The lowest BCUT2D eigenvalue weighted by Gasteiger charge is -2.37. The number of hydrogen-bond donors (Lipinski definition) is 2. The summed E-state index contributed by atoms with van der Waals surface area (Å²) in [5.74, 6) is 1.40. The minimum Gasteiger partial charge on any atom is -0.352 e. The maximum absolute atomic E-state index is 13.3. The number of halogens is 1. The van der Waals surface area contributed by atoms with Crippen LogP contribution >= 0.6 is 22.9 Å². The molecule has 2 N–H and O–H groups in total. The molecule has 3 aliphatic rings. The number of imidazole rings is 1. The Morgan fingerprint density at radius 2 is 1.59 bits per heavy atom. The Hall–Kier alpha value is -4.41. The topological polar surface area (TPSA) is 131 Å². The van der Waals surface area contributed by atoms with Crippen molar-refractivity contribution in [2.24, 2.45) is 0 Å². The summed E-state index contributed by atoms with van der Waals surface area (Å²) in [6.07, 6.45) is 1.72. The van der Waals surface area contributed by atoms with Gasteiger partial charge >= 0.3 is 0 Å². The molecule has 2 amide bonds. The van der Waals surface area contributed by atoms with Crippen LogP contribution < -0.4 is 20.4 Å². The second-order valence-electron chi connectivity index (χ2n) is 13.2. The SMILES string of the molecule is O=C(CN1CCN(c2nc(N3CCN(Cc4cccc(Cl)c4)CC3)nc3c2ncn3CC(=O)N2CCNCC2)CC1)Nc1nc2ccccc2s1. The zero-order valence-electron chi connectivity index (χ0n) is 28.4. The van der Waals surface area contributed by atoms with Crippen molar-refractivity contribution in [1.82, 2.24) is 44.5 Å². The average molecular weight is 729 g/mol. The maximum atomic E-state index is 13.3. The first-order chi connectivity index (χ1) is 24.9. The van der Waals surface area contributed by atoms with Crippen molar-refractivity contribution in [3.63, 3.8) is 0 Å². The standard InChI is InChI=1S/C35H41ClN12O2S/c36-26-5-3-4-25(20-26)21-43-14-18-47(19-15-43)34-41-32(31-33(42-34)48(24-38-31)23-30(50)45-10-8-37-9-11-45)46-16-12-44(13-17-46)22-29(49)40-35-39-27-6-1-2-7-28(27)51-35/h1-7,20,24,37H,8-19,21-23H2,(H,39,40,49). The minimum atomic E-state index is -0.0726. The molecule has 5 aromatic rings. The third-order valence-electron chi connectivity index (χ3n) is 9.74. The molecule has 16 heteroatoms. The fraction of sp³-hybridized carbons (Fsp3) is 0.429. The molecule has 0 radical (unpaired) electrons. The van der Waals surface area contributed by atoms with Crippen LogP contribution in [0.15, 0.2) is 54.9 Å². The molecule has 0 spiro atoms. The largest absolute Gasteiger partial charge is 0.352 e. The van der Waals surface area contributed by atoms with E-state index in [2.05, 4.69) is 41.3 Å². The summed E-state index contributed by atoms with van der Waals surface area (Å²) < 4.78 is 2.92. The number of benzene rings is 2. The Labute approximate surface area is 305 Å². The van der Waals surface area contributed by atoms with E-state index in [1.807, 2.05) is 51.9 Å². The van der Waals surface area contributed by atoms with Gasteiger partial charge in [-0.1, -0.05) is 47.2 Å². The van der Waals surface area contributed by atoms with Crippen LogP contribution in [0, 0.1) is 0 Å². The van der Waals surface area contributed by atoms with Crippen LogP contribution in [0.3, 0.4) is 0 Å². The number of hydrogen-bond acceptors (Lipinski definition) is 12. The number of para-hydroxylation sites is 1. The molecule has 6 heterocycles. The monoisotopic (exact) mass is 728 g/mol. The number of carbonyl (C=O) groups is 2. The first-order valence-electron chi connectivity index (χ1n) is 17.5. The van der Waals surface area contributed by atoms with Gasteiger partial charge in [-0.3, -0.25) is 19.4 Å². The third-order valence-corrected chi connectivity index (χ3v) is 10.9. The van der Waals surface area contributed by atoms with Gasteiger partial charge in [0.25, 0.3) is 0 Å². The Morgan fingerprint density at radius 3 is 2.37 bits per heavy atom. The molecule has 51 heavy (non-hydrogen) atoms. The Kier molecular flexibility index (Phi) is 9.95. The summed E-state index contributed by atoms with van der Waals surface area (Å²) in [7, 11) is 0. The van der Waals surface area contributed by atoms with E-state index in [1.54, 1.807) is 6.33 Å². The van der Waals surface area contributed by atoms with Crippen molar-refractivity contribution in [2.75, 3.05) is 100 Å². The highest BCUT2D eigenvalue weighted by molar-refractivity contribution is 7.22. The number of aromatic nitrogens is 5. The molecule has 0 atom stereocenters. The molecule has 8 rings (SSSR count). The van der Waals surface area contributed by atoms with Crippen molar-refractivity contribution in [3.05, 3.63) is 65.4 Å². The smallest absolute Gasteiger partial charge is 0.242 e. The van der Waals surface area contributed by atoms with E-state index in [9.17, 15) is 9.59 Å². The van der Waals surface area contributed by atoms with Gasteiger partial charge in [-0.15, -0.1) is 0 Å². The molecule has 2 aromatic carbocycles. The predicted octanol–water partition coefficient (Wildman–Crippen LogP) is 2.60. The van der Waals surface area contributed by atoms with Crippen molar-refractivity contribution >= 4 is 73.0 Å². The van der Waals surface area contributed by atoms with Gasteiger partial charge in [0.1, 0.15) is 6.54 Å². The molecule has 3 aliphatic heterocycles. The summed E-state index contributed by atoms with van der Waals surface area (Å²) in [4.78, 5) is 56.7. The number of piperazine rings is 3. The Balaban J connectivity index is 0.971. The fourth-order valence-corrected chi connectivity index (χ4v) is 8.06. The summed E-state index contributed by atoms with van der Waals surface area (Å²) in [6, 6.07) is 15.9. The predicted molar refractivity (Wildman–Crippen MR) is 201 cm³/mol. The zero-order chi connectivity index (χ0) is 34.7. The molecule has 3 saturated heterocycles. The van der Waals surface area contributed by atoms with Crippen molar-refractivity contribution in [2.45, 2.75) is 13.1 Å². The Bertz CT molecular complexity index is 1980. The minimum absolute atomic E-state index is 0.0601. The number of amides is 2. The van der Waals surface area contributed by atoms with Crippen LogP contribution in [0.2, 0.25) is 5.02 Å². The highest BCUT2D eigenvalue weighted by Crippen LogP contribution is 2.28. The van der Waals surface area contributed by atoms with E-state index in [4.69, 9.17) is 26.6 Å². The first kappa shape index (κ1) is 33.7. The summed E-state index contributed by atoms with van der Waals surface area (Å²) in [5.41, 5.74) is 3.44. The van der Waals surface area contributed by atoms with Gasteiger partial charge in [0.15, 0.2) is 22.1 Å². The average Bonchev–Trinajstić information content (AvgIpc) is 3.75. The van der Waals surface area contributed by atoms with E-state index in [0.29, 0.717) is 61.5 Å². The molecular weight excluding hydrogens is 688 g/mol. The highest BCUT2D eigenvalue weighted by atomic mass is 35.5. The molecule has 0 aliphatic carbocycles. The van der Waals surface area contributed by atoms with Crippen LogP contribution in [0.4, 0.5) is 16.9 Å². The first-order valence-corrected chi connectivity index (χ1v) is 18.7. The van der Waals surface area contributed by atoms with Crippen LogP contribution in [-0.4, -0.2) is 136 Å². The van der Waals surface area contributed by atoms with Crippen LogP contribution in [0.5, 0.6) is 0 Å². The molecule has 0 bridgehead atoms. The molecule has 0 unspecified atom stereocenters. The lowest BCUT2D eigenvalue weighted by atomic mass is 10.2. The quantitative estimate of drug-likeness (QED) is 0.232. The van der Waals surface area contributed by atoms with Crippen LogP contribution in [0.25, 0.3) is 21.4 Å². The lowest BCUT2D eigenvalue weighted by molar-refractivity contribution is -0.132. The van der Waals surface area contributed by atoms with Gasteiger partial charge in [-0.05, 0) is 29.8 Å². The van der Waals surface area contributed by atoms with Gasteiger partial charge in [0.05, 0.1) is 23.1 Å². The zero-order valence-corrected chi connectivity index (χ0v) is 30.0. The van der Waals surface area contributed by atoms with Gasteiger partial charge < -0.3 is 29.9 Å². The van der Waals surface area contributed by atoms with Crippen molar-refractivity contribution < 1.29 is 9.59 Å². The van der Waals surface area contributed by atoms with Gasteiger partial charge in [-0.2, -0.15) is 9.97 Å². The number of fused-ring (bicyclic) bond motifs is 2. The molecule has 266 valence electrons.